The van der Waals surface area contributed by atoms with Crippen molar-refractivity contribution in [3.05, 3.63) is 35.7 Å². The Labute approximate surface area is 182 Å². The van der Waals surface area contributed by atoms with Gasteiger partial charge in [-0.15, -0.1) is 5.10 Å². The Balaban J connectivity index is 1.85. The number of β-amino-alcohol motifs (C(OH)–C–C–N with tert-alkyl or cyclic N) is 1. The fourth-order valence-electron chi connectivity index (χ4n) is 3.79. The van der Waals surface area contributed by atoms with Gasteiger partial charge in [0, 0.05) is 24.8 Å². The van der Waals surface area contributed by atoms with E-state index in [1.165, 1.54) is 6.26 Å². The maximum absolute atomic E-state index is 12.2. The highest BCUT2D eigenvalue weighted by Crippen LogP contribution is 2.32. The lowest BCUT2D eigenvalue weighted by Gasteiger charge is -2.23. The van der Waals surface area contributed by atoms with Crippen molar-refractivity contribution in [3.63, 3.8) is 0 Å². The lowest BCUT2D eigenvalue weighted by molar-refractivity contribution is 0.0839. The Hall–Kier alpha value is -2.59. The molecular weight excluding hydrogens is 416 g/mol. The summed E-state index contributed by atoms with van der Waals surface area (Å²) in [5, 5.41) is 19.1. The highest BCUT2D eigenvalue weighted by molar-refractivity contribution is 7.90. The van der Waals surface area contributed by atoms with Crippen LogP contribution in [0.3, 0.4) is 0 Å². The van der Waals surface area contributed by atoms with Crippen LogP contribution < -0.4 is 4.90 Å². The van der Waals surface area contributed by atoms with Crippen LogP contribution in [-0.4, -0.2) is 63.4 Å². The van der Waals surface area contributed by atoms with Gasteiger partial charge in [-0.3, -0.25) is 0 Å². The number of rotatable bonds is 4. The molecule has 0 unspecified atom stereocenters. The molecule has 0 radical (unpaired) electrons. The van der Waals surface area contributed by atoms with E-state index in [0.29, 0.717) is 47.9 Å². The van der Waals surface area contributed by atoms with E-state index in [-0.39, 0.29) is 16.9 Å². The Bertz CT molecular complexity index is 1240. The van der Waals surface area contributed by atoms with Crippen LogP contribution in [0.1, 0.15) is 45.5 Å². The molecule has 0 spiro atoms. The largest absolute Gasteiger partial charge is 0.388 e. The molecule has 166 valence electrons. The molecule has 3 aromatic rings. The number of benzene rings is 1. The fourth-order valence-corrected chi connectivity index (χ4v) is 4.72. The van der Waals surface area contributed by atoms with Gasteiger partial charge in [0.1, 0.15) is 5.82 Å². The third-order valence-corrected chi connectivity index (χ3v) is 6.66. The molecule has 3 heterocycles. The van der Waals surface area contributed by atoms with Crippen LogP contribution in [0.25, 0.3) is 11.2 Å². The lowest BCUT2D eigenvalue weighted by Crippen LogP contribution is -2.31. The third-order valence-electron chi connectivity index (χ3n) is 5.46. The molecule has 1 atom stereocenters. The molecular formula is C21H28N6O3S. The number of nitrogens with zero attached hydrogens (tertiary/aromatic N) is 6. The molecule has 1 saturated heterocycles. The molecule has 1 aliphatic rings. The van der Waals surface area contributed by atoms with E-state index in [9.17, 15) is 13.5 Å². The standard InChI is InChI=1S/C21H28N6O3S/c1-20(2,3)19-22-17(26-11-10-21(4,28)13-26)16-18(23-19)27(25-24-16)12-14-8-6-7-9-15(14)31(5,29)30/h6-9,28H,10-13H2,1-5H3/t21-/m1/s1. The smallest absolute Gasteiger partial charge is 0.184 e. The monoisotopic (exact) mass is 444 g/mol. The first-order valence-electron chi connectivity index (χ1n) is 10.2. The SMILES string of the molecule is CC(C)(C)c1nc(N2CC[C@@](C)(O)C2)c2nnn(Cc3ccccc3S(C)(=O)=O)c2n1. The number of hydrogen-bond donors (Lipinski definition) is 1. The molecule has 10 heteroatoms. The van der Waals surface area contributed by atoms with Gasteiger partial charge in [0.05, 0.1) is 17.0 Å². The van der Waals surface area contributed by atoms with Crippen LogP contribution in [-0.2, 0) is 21.8 Å². The van der Waals surface area contributed by atoms with Gasteiger partial charge in [-0.05, 0) is 25.0 Å². The Morgan fingerprint density at radius 1 is 1.19 bits per heavy atom. The van der Waals surface area contributed by atoms with Crippen molar-refractivity contribution in [2.45, 2.75) is 56.6 Å². The molecule has 1 fully saturated rings. The second-order valence-electron chi connectivity index (χ2n) is 9.59. The Kier molecular flexibility index (Phi) is 5.05. The zero-order valence-electron chi connectivity index (χ0n) is 18.5. The molecule has 1 aliphatic heterocycles. The van der Waals surface area contributed by atoms with Crippen molar-refractivity contribution in [2.75, 3.05) is 24.2 Å². The van der Waals surface area contributed by atoms with E-state index in [4.69, 9.17) is 9.97 Å². The topological polar surface area (TPSA) is 114 Å². The fraction of sp³-hybridized carbons (Fsp3) is 0.524. The number of anilines is 1. The second kappa shape index (κ2) is 7.23. The number of fused-ring (bicyclic) bond motifs is 1. The average molecular weight is 445 g/mol. The molecule has 1 aromatic carbocycles. The maximum atomic E-state index is 12.2. The van der Waals surface area contributed by atoms with Gasteiger partial charge < -0.3 is 10.0 Å². The summed E-state index contributed by atoms with van der Waals surface area (Å²) in [6.45, 7) is 9.24. The summed E-state index contributed by atoms with van der Waals surface area (Å²) in [4.78, 5) is 11.8. The zero-order chi connectivity index (χ0) is 22.6. The summed E-state index contributed by atoms with van der Waals surface area (Å²) in [6, 6.07) is 6.87. The van der Waals surface area contributed by atoms with E-state index in [0.717, 1.165) is 0 Å². The van der Waals surface area contributed by atoms with Gasteiger partial charge in [0.15, 0.2) is 26.8 Å². The number of aromatic nitrogens is 5. The minimum Gasteiger partial charge on any atom is -0.388 e. The van der Waals surface area contributed by atoms with Crippen molar-refractivity contribution in [3.8, 4) is 0 Å². The molecule has 31 heavy (non-hydrogen) atoms. The Morgan fingerprint density at radius 3 is 2.52 bits per heavy atom. The predicted octanol–water partition coefficient (Wildman–Crippen LogP) is 1.93. The van der Waals surface area contributed by atoms with Crippen LogP contribution in [0.4, 0.5) is 5.82 Å². The molecule has 4 rings (SSSR count). The molecule has 2 aromatic heterocycles. The van der Waals surface area contributed by atoms with Gasteiger partial charge >= 0.3 is 0 Å². The molecule has 1 N–H and O–H groups in total. The van der Waals surface area contributed by atoms with Gasteiger partial charge in [-0.1, -0.05) is 44.2 Å². The van der Waals surface area contributed by atoms with Crippen molar-refractivity contribution >= 4 is 26.8 Å². The maximum Gasteiger partial charge on any atom is 0.184 e. The van der Waals surface area contributed by atoms with Crippen LogP contribution in [0, 0.1) is 0 Å². The van der Waals surface area contributed by atoms with E-state index < -0.39 is 15.4 Å². The summed E-state index contributed by atoms with van der Waals surface area (Å²) < 4.78 is 26.1. The first-order valence-corrected chi connectivity index (χ1v) is 12.1. The molecule has 0 bridgehead atoms. The van der Waals surface area contributed by atoms with Crippen molar-refractivity contribution < 1.29 is 13.5 Å². The van der Waals surface area contributed by atoms with E-state index in [2.05, 4.69) is 10.3 Å². The number of aliphatic hydroxyl groups is 1. The van der Waals surface area contributed by atoms with Crippen molar-refractivity contribution in [2.24, 2.45) is 0 Å². The van der Waals surface area contributed by atoms with Crippen LogP contribution in [0.2, 0.25) is 0 Å². The minimum atomic E-state index is -3.39. The van der Waals surface area contributed by atoms with Gasteiger partial charge in [-0.25, -0.2) is 23.1 Å². The molecule has 0 amide bonds. The highest BCUT2D eigenvalue weighted by atomic mass is 32.2. The van der Waals surface area contributed by atoms with E-state index in [1.807, 2.05) is 32.6 Å². The zero-order valence-corrected chi connectivity index (χ0v) is 19.3. The number of sulfone groups is 1. The van der Waals surface area contributed by atoms with Crippen LogP contribution in [0.15, 0.2) is 29.2 Å². The van der Waals surface area contributed by atoms with Crippen molar-refractivity contribution in [1.82, 2.24) is 25.0 Å². The van der Waals surface area contributed by atoms with Gasteiger partial charge in [0.2, 0.25) is 0 Å². The summed E-state index contributed by atoms with van der Waals surface area (Å²) in [7, 11) is -3.39. The van der Waals surface area contributed by atoms with E-state index >= 15 is 0 Å². The quantitative estimate of drug-likeness (QED) is 0.649. The normalized spacial score (nSPS) is 20.0. The summed E-state index contributed by atoms with van der Waals surface area (Å²) in [6.07, 6.45) is 1.84. The number of hydrogen-bond acceptors (Lipinski definition) is 8. The Morgan fingerprint density at radius 2 is 1.90 bits per heavy atom. The van der Waals surface area contributed by atoms with Gasteiger partial charge in [0.25, 0.3) is 0 Å². The molecule has 0 saturated carbocycles. The predicted molar refractivity (Wildman–Crippen MR) is 118 cm³/mol. The van der Waals surface area contributed by atoms with Crippen molar-refractivity contribution in [1.29, 1.82) is 0 Å². The van der Waals surface area contributed by atoms with Gasteiger partial charge in [-0.2, -0.15) is 0 Å². The first-order chi connectivity index (χ1) is 14.4. The highest BCUT2D eigenvalue weighted by Gasteiger charge is 2.35. The molecule has 0 aliphatic carbocycles. The van der Waals surface area contributed by atoms with E-state index in [1.54, 1.807) is 28.9 Å². The average Bonchev–Trinajstić information content (AvgIpc) is 3.23. The lowest BCUT2D eigenvalue weighted by atomic mass is 9.96. The summed E-state index contributed by atoms with van der Waals surface area (Å²) >= 11 is 0. The first kappa shape index (κ1) is 21.6. The molecule has 9 nitrogen and oxygen atoms in total. The minimum absolute atomic E-state index is 0.220. The third kappa shape index (κ3) is 4.27. The summed E-state index contributed by atoms with van der Waals surface area (Å²) in [5.41, 5.74) is 0.611. The van der Waals surface area contributed by atoms with Crippen LogP contribution in [0.5, 0.6) is 0 Å². The van der Waals surface area contributed by atoms with Crippen LogP contribution >= 0.6 is 0 Å². The second-order valence-corrected chi connectivity index (χ2v) is 11.6. The summed E-state index contributed by atoms with van der Waals surface area (Å²) in [5.74, 6) is 1.29.